The molecule has 0 aliphatic carbocycles. The van der Waals surface area contributed by atoms with Crippen molar-refractivity contribution in [3.8, 4) is 6.07 Å². The molecule has 96 valence electrons. The van der Waals surface area contributed by atoms with E-state index in [1.807, 2.05) is 13.0 Å². The number of nitriles is 1. The summed E-state index contributed by atoms with van der Waals surface area (Å²) in [5, 5.41) is 12.0. The van der Waals surface area contributed by atoms with Gasteiger partial charge in [-0.15, -0.1) is 0 Å². The molecule has 0 saturated carbocycles. The molecule has 2 rings (SSSR count). The highest BCUT2D eigenvalue weighted by atomic mass is 32.2. The normalized spacial score (nSPS) is 21.4. The smallest absolute Gasteiger partial charge is 0.243 e. The quantitative estimate of drug-likeness (QED) is 0.847. The van der Waals surface area contributed by atoms with Gasteiger partial charge in [-0.1, -0.05) is 6.07 Å². The van der Waals surface area contributed by atoms with Crippen LogP contribution in [0.15, 0.2) is 29.2 Å². The fraction of sp³-hybridized carbons (Fsp3) is 0.417. The number of benzene rings is 1. The molecule has 1 aromatic carbocycles. The van der Waals surface area contributed by atoms with Gasteiger partial charge in [0.25, 0.3) is 0 Å². The molecular weight excluding hydrogens is 250 g/mol. The van der Waals surface area contributed by atoms with Crippen LogP contribution in [0.2, 0.25) is 0 Å². The standard InChI is InChI=1S/C12H15N3O2S/c1-10-9-14-5-6-15(10)18(16,17)12-4-2-3-11(7-12)8-13/h2-4,7,10,14H,5-6,9H2,1H3. The average Bonchev–Trinajstić information content (AvgIpc) is 2.39. The molecule has 1 saturated heterocycles. The van der Waals surface area contributed by atoms with Gasteiger partial charge in [-0.3, -0.25) is 0 Å². The monoisotopic (exact) mass is 265 g/mol. The summed E-state index contributed by atoms with van der Waals surface area (Å²) in [6.45, 7) is 3.64. The van der Waals surface area contributed by atoms with Crippen molar-refractivity contribution in [1.82, 2.24) is 9.62 Å². The predicted molar refractivity (Wildman–Crippen MR) is 67.4 cm³/mol. The van der Waals surface area contributed by atoms with E-state index in [-0.39, 0.29) is 10.9 Å². The van der Waals surface area contributed by atoms with Crippen molar-refractivity contribution in [3.05, 3.63) is 29.8 Å². The van der Waals surface area contributed by atoms with Crippen molar-refractivity contribution in [1.29, 1.82) is 5.26 Å². The van der Waals surface area contributed by atoms with Gasteiger partial charge >= 0.3 is 0 Å². The van der Waals surface area contributed by atoms with Crippen molar-refractivity contribution in [2.45, 2.75) is 17.9 Å². The van der Waals surface area contributed by atoms with Gasteiger partial charge in [0.15, 0.2) is 0 Å². The lowest BCUT2D eigenvalue weighted by atomic mass is 10.2. The number of hydrogen-bond acceptors (Lipinski definition) is 4. The van der Waals surface area contributed by atoms with Crippen molar-refractivity contribution in [2.24, 2.45) is 0 Å². The van der Waals surface area contributed by atoms with Gasteiger partial charge in [0.2, 0.25) is 10.0 Å². The van der Waals surface area contributed by atoms with E-state index in [1.54, 1.807) is 12.1 Å². The van der Waals surface area contributed by atoms with Crippen LogP contribution in [0.1, 0.15) is 12.5 Å². The molecule has 1 unspecified atom stereocenters. The predicted octanol–water partition coefficient (Wildman–Crippen LogP) is 0.541. The Morgan fingerprint density at radius 1 is 1.50 bits per heavy atom. The summed E-state index contributed by atoms with van der Waals surface area (Å²) in [5.74, 6) is 0. The Kier molecular flexibility index (Phi) is 3.66. The van der Waals surface area contributed by atoms with E-state index in [4.69, 9.17) is 5.26 Å². The van der Waals surface area contributed by atoms with Crippen molar-refractivity contribution < 1.29 is 8.42 Å². The lowest BCUT2D eigenvalue weighted by Gasteiger charge is -2.32. The largest absolute Gasteiger partial charge is 0.314 e. The van der Waals surface area contributed by atoms with E-state index >= 15 is 0 Å². The minimum atomic E-state index is -3.50. The molecule has 1 aliphatic heterocycles. The third-order valence-electron chi connectivity index (χ3n) is 3.01. The molecule has 1 aliphatic rings. The van der Waals surface area contributed by atoms with Crippen molar-refractivity contribution in [3.63, 3.8) is 0 Å². The molecule has 1 atom stereocenters. The molecular formula is C12H15N3O2S. The summed E-state index contributed by atoms with van der Waals surface area (Å²) in [7, 11) is -3.50. The molecule has 1 N–H and O–H groups in total. The van der Waals surface area contributed by atoms with E-state index in [1.165, 1.54) is 16.4 Å². The molecule has 0 amide bonds. The summed E-state index contributed by atoms with van der Waals surface area (Å²) in [5.41, 5.74) is 0.360. The number of rotatable bonds is 2. The second-order valence-electron chi connectivity index (χ2n) is 4.31. The fourth-order valence-corrected chi connectivity index (χ4v) is 3.72. The van der Waals surface area contributed by atoms with Gasteiger partial charge in [0.05, 0.1) is 16.5 Å². The topological polar surface area (TPSA) is 73.2 Å². The van der Waals surface area contributed by atoms with Gasteiger partial charge in [-0.25, -0.2) is 8.42 Å². The molecule has 1 heterocycles. The number of piperazine rings is 1. The van der Waals surface area contributed by atoms with E-state index in [0.717, 1.165) is 0 Å². The first-order chi connectivity index (χ1) is 8.55. The van der Waals surface area contributed by atoms with Gasteiger partial charge in [0, 0.05) is 25.7 Å². The molecule has 1 fully saturated rings. The van der Waals surface area contributed by atoms with E-state index in [9.17, 15) is 8.42 Å². The van der Waals surface area contributed by atoms with Gasteiger partial charge in [0.1, 0.15) is 0 Å². The molecule has 0 bridgehead atoms. The lowest BCUT2D eigenvalue weighted by Crippen LogP contribution is -2.52. The maximum atomic E-state index is 12.5. The average molecular weight is 265 g/mol. The molecule has 0 radical (unpaired) electrons. The summed E-state index contributed by atoms with van der Waals surface area (Å²) >= 11 is 0. The lowest BCUT2D eigenvalue weighted by molar-refractivity contribution is 0.284. The zero-order valence-corrected chi connectivity index (χ0v) is 10.9. The molecule has 5 nitrogen and oxygen atoms in total. The summed E-state index contributed by atoms with van der Waals surface area (Å²) < 4.78 is 26.4. The Morgan fingerprint density at radius 3 is 2.94 bits per heavy atom. The molecule has 18 heavy (non-hydrogen) atoms. The summed E-state index contributed by atoms with van der Waals surface area (Å²) in [4.78, 5) is 0.190. The third kappa shape index (κ3) is 2.38. The molecule has 0 aromatic heterocycles. The highest BCUT2D eigenvalue weighted by Crippen LogP contribution is 2.20. The van der Waals surface area contributed by atoms with E-state index < -0.39 is 10.0 Å². The van der Waals surface area contributed by atoms with Gasteiger partial charge in [-0.2, -0.15) is 9.57 Å². The highest BCUT2D eigenvalue weighted by molar-refractivity contribution is 7.89. The Labute approximate surface area is 107 Å². The van der Waals surface area contributed by atoms with Crippen molar-refractivity contribution in [2.75, 3.05) is 19.6 Å². The van der Waals surface area contributed by atoms with Crippen LogP contribution in [0.25, 0.3) is 0 Å². The minimum absolute atomic E-state index is 0.0745. The maximum absolute atomic E-state index is 12.5. The first kappa shape index (κ1) is 13.0. The Bertz CT molecular complexity index is 577. The van der Waals surface area contributed by atoms with Crippen molar-refractivity contribution >= 4 is 10.0 Å². The van der Waals surface area contributed by atoms with Crippen LogP contribution in [0, 0.1) is 11.3 Å². The number of sulfonamides is 1. The Balaban J connectivity index is 2.38. The first-order valence-corrected chi connectivity index (χ1v) is 7.22. The first-order valence-electron chi connectivity index (χ1n) is 5.78. The number of hydrogen-bond donors (Lipinski definition) is 1. The third-order valence-corrected chi connectivity index (χ3v) is 5.02. The number of nitrogens with zero attached hydrogens (tertiary/aromatic N) is 2. The van der Waals surface area contributed by atoms with Gasteiger partial charge in [-0.05, 0) is 25.1 Å². The van der Waals surface area contributed by atoms with Crippen LogP contribution in [-0.2, 0) is 10.0 Å². The van der Waals surface area contributed by atoms with E-state index in [0.29, 0.717) is 25.2 Å². The summed E-state index contributed by atoms with van der Waals surface area (Å²) in [6, 6.07) is 8.03. The molecule has 1 aromatic rings. The molecule has 0 spiro atoms. The summed E-state index contributed by atoms with van der Waals surface area (Å²) in [6.07, 6.45) is 0. The fourth-order valence-electron chi connectivity index (χ4n) is 2.04. The second kappa shape index (κ2) is 5.06. The zero-order chi connectivity index (χ0) is 13.2. The SMILES string of the molecule is CC1CNCCN1S(=O)(=O)c1cccc(C#N)c1. The Morgan fingerprint density at radius 2 is 2.28 bits per heavy atom. The van der Waals surface area contributed by atoms with E-state index in [2.05, 4.69) is 5.32 Å². The minimum Gasteiger partial charge on any atom is -0.314 e. The number of nitrogens with one attached hydrogen (secondary N) is 1. The molecule has 6 heteroatoms. The van der Waals surface area contributed by atoms with Crippen LogP contribution >= 0.6 is 0 Å². The van der Waals surface area contributed by atoms with Crippen LogP contribution in [0.3, 0.4) is 0 Å². The highest BCUT2D eigenvalue weighted by Gasteiger charge is 2.30. The maximum Gasteiger partial charge on any atom is 0.243 e. The van der Waals surface area contributed by atoms with Crippen LogP contribution in [0.4, 0.5) is 0 Å². The second-order valence-corrected chi connectivity index (χ2v) is 6.20. The van der Waals surface area contributed by atoms with Crippen LogP contribution in [0.5, 0.6) is 0 Å². The van der Waals surface area contributed by atoms with Crippen LogP contribution in [-0.4, -0.2) is 38.4 Å². The van der Waals surface area contributed by atoms with Gasteiger partial charge < -0.3 is 5.32 Å². The zero-order valence-electron chi connectivity index (χ0n) is 10.1. The Hall–Kier alpha value is -1.42. The van der Waals surface area contributed by atoms with Crippen LogP contribution < -0.4 is 5.32 Å².